The summed E-state index contributed by atoms with van der Waals surface area (Å²) in [6.07, 6.45) is -4.99. The number of rotatable bonds is 3. The molecular formula is C11H8F3NO3S. The molecule has 0 N–H and O–H groups in total. The summed E-state index contributed by atoms with van der Waals surface area (Å²) in [7, 11) is 0. The third-order valence-electron chi connectivity index (χ3n) is 1.92. The van der Waals surface area contributed by atoms with Crippen LogP contribution in [0.2, 0.25) is 0 Å². The van der Waals surface area contributed by atoms with E-state index in [4.69, 9.17) is 5.26 Å². The molecule has 0 saturated heterocycles. The fraction of sp³-hybridized carbons (Fsp3) is 0.273. The first-order valence-electron chi connectivity index (χ1n) is 4.98. The first-order valence-corrected chi connectivity index (χ1v) is 5.43. The van der Waals surface area contributed by atoms with Gasteiger partial charge in [0.15, 0.2) is 0 Å². The Morgan fingerprint density at radius 2 is 2.11 bits per heavy atom. The van der Waals surface area contributed by atoms with Gasteiger partial charge in [0.25, 0.3) is 0 Å². The molecule has 0 aromatic heterocycles. The molecule has 0 radical (unpaired) electrons. The summed E-state index contributed by atoms with van der Waals surface area (Å²) in [4.78, 5) is 11.4. The van der Waals surface area contributed by atoms with Gasteiger partial charge in [0.1, 0.15) is 11.3 Å². The van der Waals surface area contributed by atoms with Gasteiger partial charge in [-0.25, -0.2) is 4.79 Å². The van der Waals surface area contributed by atoms with Gasteiger partial charge in [0, 0.05) is 4.90 Å². The maximum atomic E-state index is 12.3. The van der Waals surface area contributed by atoms with Crippen LogP contribution >= 0.6 is 12.6 Å². The minimum absolute atomic E-state index is 0.0164. The molecule has 0 spiro atoms. The lowest BCUT2D eigenvalue weighted by molar-refractivity contribution is -0.274. The van der Waals surface area contributed by atoms with E-state index in [9.17, 15) is 18.0 Å². The summed E-state index contributed by atoms with van der Waals surface area (Å²) in [6.45, 7) is 1.49. The molecule has 0 aliphatic rings. The van der Waals surface area contributed by atoms with Crippen molar-refractivity contribution in [2.75, 3.05) is 6.61 Å². The maximum absolute atomic E-state index is 12.3. The van der Waals surface area contributed by atoms with E-state index in [1.807, 2.05) is 0 Å². The van der Waals surface area contributed by atoms with Gasteiger partial charge >= 0.3 is 12.3 Å². The van der Waals surface area contributed by atoms with Gasteiger partial charge in [0.05, 0.1) is 18.2 Å². The number of halogens is 3. The number of carbonyl (C=O) groups is 1. The molecule has 8 heteroatoms. The van der Waals surface area contributed by atoms with Crippen molar-refractivity contribution in [3.63, 3.8) is 0 Å². The van der Waals surface area contributed by atoms with Crippen LogP contribution in [0.1, 0.15) is 22.8 Å². The highest BCUT2D eigenvalue weighted by atomic mass is 32.1. The van der Waals surface area contributed by atoms with E-state index in [-0.39, 0.29) is 17.1 Å². The van der Waals surface area contributed by atoms with E-state index in [2.05, 4.69) is 22.1 Å². The van der Waals surface area contributed by atoms with Crippen LogP contribution in [0.4, 0.5) is 13.2 Å². The zero-order valence-corrected chi connectivity index (χ0v) is 10.5. The van der Waals surface area contributed by atoms with Gasteiger partial charge in [-0.2, -0.15) is 5.26 Å². The predicted molar refractivity (Wildman–Crippen MR) is 61.0 cm³/mol. The normalized spacial score (nSPS) is 10.7. The number of hydrogen-bond acceptors (Lipinski definition) is 5. The second-order valence-electron chi connectivity index (χ2n) is 3.25. The Balaban J connectivity index is 3.34. The Bertz CT molecular complexity index is 537. The van der Waals surface area contributed by atoms with Crippen molar-refractivity contribution < 1.29 is 27.4 Å². The number of alkyl halides is 3. The van der Waals surface area contributed by atoms with E-state index in [0.717, 1.165) is 12.1 Å². The van der Waals surface area contributed by atoms with E-state index in [1.54, 1.807) is 6.07 Å². The van der Waals surface area contributed by atoms with Crippen molar-refractivity contribution in [1.82, 2.24) is 0 Å². The summed E-state index contributed by atoms with van der Waals surface area (Å²) >= 11 is 3.87. The SMILES string of the molecule is CCOC(=O)c1c(S)cc(C#N)cc1OC(F)(F)F. The summed E-state index contributed by atoms with van der Waals surface area (Å²) in [5.41, 5.74) is -0.584. The lowest BCUT2D eigenvalue weighted by atomic mass is 10.1. The van der Waals surface area contributed by atoms with Gasteiger partial charge in [-0.1, -0.05) is 0 Å². The van der Waals surface area contributed by atoms with Crippen LogP contribution in [0.25, 0.3) is 0 Å². The second-order valence-corrected chi connectivity index (χ2v) is 3.73. The van der Waals surface area contributed by atoms with E-state index in [0.29, 0.717) is 0 Å². The van der Waals surface area contributed by atoms with Gasteiger partial charge in [-0.15, -0.1) is 25.8 Å². The molecule has 1 rings (SSSR count). The number of nitriles is 1. The van der Waals surface area contributed by atoms with Crippen LogP contribution in [0.15, 0.2) is 17.0 Å². The molecule has 0 aliphatic heterocycles. The maximum Gasteiger partial charge on any atom is 0.573 e. The van der Waals surface area contributed by atoms with Gasteiger partial charge in [-0.05, 0) is 19.1 Å². The molecule has 0 aliphatic carbocycles. The van der Waals surface area contributed by atoms with Crippen molar-refractivity contribution in [2.45, 2.75) is 18.2 Å². The standard InChI is InChI=1S/C11H8F3NO3S/c1-2-17-10(16)9-7(18-11(12,13)14)3-6(5-15)4-8(9)19/h3-4,19H,2H2,1H3. The number of benzene rings is 1. The molecule has 0 heterocycles. The fourth-order valence-electron chi connectivity index (χ4n) is 1.28. The second kappa shape index (κ2) is 5.84. The Morgan fingerprint density at radius 1 is 1.47 bits per heavy atom. The van der Waals surface area contributed by atoms with Crippen LogP contribution in [0.3, 0.4) is 0 Å². The highest BCUT2D eigenvalue weighted by Crippen LogP contribution is 2.32. The highest BCUT2D eigenvalue weighted by molar-refractivity contribution is 7.80. The Morgan fingerprint density at radius 3 is 2.58 bits per heavy atom. The average Bonchev–Trinajstić information content (AvgIpc) is 2.26. The van der Waals surface area contributed by atoms with E-state index in [1.165, 1.54) is 6.92 Å². The van der Waals surface area contributed by atoms with Crippen LogP contribution in [-0.4, -0.2) is 18.9 Å². The van der Waals surface area contributed by atoms with Crippen molar-refractivity contribution in [3.8, 4) is 11.8 Å². The molecule has 0 atom stereocenters. The lowest BCUT2D eigenvalue weighted by Crippen LogP contribution is -2.20. The van der Waals surface area contributed by atoms with E-state index < -0.39 is 23.6 Å². The molecule has 1 aromatic carbocycles. The molecule has 0 amide bonds. The number of carbonyl (C=O) groups excluding carboxylic acids is 1. The van der Waals surface area contributed by atoms with E-state index >= 15 is 0 Å². The highest BCUT2D eigenvalue weighted by Gasteiger charge is 2.34. The lowest BCUT2D eigenvalue weighted by Gasteiger charge is -2.14. The summed E-state index contributed by atoms with van der Waals surface area (Å²) < 4.78 is 45.1. The smallest absolute Gasteiger partial charge is 0.462 e. The van der Waals surface area contributed by atoms with Crippen LogP contribution < -0.4 is 4.74 Å². The summed E-state index contributed by atoms with van der Waals surface area (Å²) in [5.74, 6) is -1.81. The Hall–Kier alpha value is -1.88. The molecule has 19 heavy (non-hydrogen) atoms. The molecule has 0 unspecified atom stereocenters. The molecule has 0 fully saturated rings. The average molecular weight is 291 g/mol. The van der Waals surface area contributed by atoms with Crippen LogP contribution in [0, 0.1) is 11.3 Å². The third kappa shape index (κ3) is 4.06. The zero-order chi connectivity index (χ0) is 14.6. The van der Waals surface area contributed by atoms with Gasteiger partial charge < -0.3 is 9.47 Å². The molecule has 4 nitrogen and oxygen atoms in total. The van der Waals surface area contributed by atoms with Crippen molar-refractivity contribution in [1.29, 1.82) is 5.26 Å². The largest absolute Gasteiger partial charge is 0.573 e. The molecule has 102 valence electrons. The van der Waals surface area contributed by atoms with Gasteiger partial charge in [0.2, 0.25) is 0 Å². The minimum atomic E-state index is -4.99. The number of esters is 1. The van der Waals surface area contributed by atoms with Crippen molar-refractivity contribution in [2.24, 2.45) is 0 Å². The monoisotopic (exact) mass is 291 g/mol. The number of ether oxygens (including phenoxy) is 2. The number of thiol groups is 1. The number of nitrogens with zero attached hydrogens (tertiary/aromatic N) is 1. The molecule has 1 aromatic rings. The Kier molecular flexibility index (Phi) is 4.67. The topological polar surface area (TPSA) is 59.3 Å². The van der Waals surface area contributed by atoms with Crippen LogP contribution in [0.5, 0.6) is 5.75 Å². The van der Waals surface area contributed by atoms with Crippen molar-refractivity contribution >= 4 is 18.6 Å². The quantitative estimate of drug-likeness (QED) is 0.687. The first kappa shape index (κ1) is 15.2. The first-order chi connectivity index (χ1) is 8.78. The molecule has 0 saturated carbocycles. The zero-order valence-electron chi connectivity index (χ0n) is 9.61. The molecular weight excluding hydrogens is 283 g/mol. The summed E-state index contributed by atoms with van der Waals surface area (Å²) in [6, 6.07) is 3.60. The predicted octanol–water partition coefficient (Wildman–Crippen LogP) is 2.92. The molecule has 0 bridgehead atoms. The third-order valence-corrected chi connectivity index (χ3v) is 2.27. The Labute approximate surface area is 112 Å². The van der Waals surface area contributed by atoms with Gasteiger partial charge in [-0.3, -0.25) is 0 Å². The fourth-order valence-corrected chi connectivity index (χ4v) is 1.62. The number of hydrogen-bond donors (Lipinski definition) is 1. The van der Waals surface area contributed by atoms with Crippen molar-refractivity contribution in [3.05, 3.63) is 23.3 Å². The summed E-state index contributed by atoms with van der Waals surface area (Å²) in [5, 5.41) is 8.68. The van der Waals surface area contributed by atoms with Crippen LogP contribution in [-0.2, 0) is 4.74 Å². The minimum Gasteiger partial charge on any atom is -0.462 e.